The summed E-state index contributed by atoms with van der Waals surface area (Å²) in [7, 11) is 0. The molecule has 0 unspecified atom stereocenters. The van der Waals surface area contributed by atoms with E-state index in [1.54, 1.807) is 11.3 Å². The number of hydrogen-bond acceptors (Lipinski definition) is 3. The zero-order valence-corrected chi connectivity index (χ0v) is 13.8. The van der Waals surface area contributed by atoms with Gasteiger partial charge in [0, 0.05) is 32.2 Å². The molecular weight excluding hydrogens is 288 g/mol. The van der Waals surface area contributed by atoms with E-state index < -0.39 is 0 Å². The molecule has 0 radical (unpaired) electrons. The Morgan fingerprint density at radius 2 is 1.95 bits per heavy atom. The first-order chi connectivity index (χ1) is 10.9. The van der Waals surface area contributed by atoms with Crippen LogP contribution in [-0.2, 0) is 13.1 Å². The summed E-state index contributed by atoms with van der Waals surface area (Å²) >= 11 is 1.79. The normalized spacial score (nSPS) is 28.1. The number of nitrogens with one attached hydrogen (secondary N) is 1. The number of thiophene rings is 1. The summed E-state index contributed by atoms with van der Waals surface area (Å²) in [5, 5.41) is 8.25. The lowest BCUT2D eigenvalue weighted by Crippen LogP contribution is -2.35. The van der Waals surface area contributed by atoms with Gasteiger partial charge in [-0.3, -0.25) is 4.90 Å². The van der Waals surface area contributed by atoms with Crippen LogP contribution in [0.15, 0.2) is 47.2 Å². The smallest absolute Gasteiger partial charge is 0.0233 e. The molecule has 1 saturated heterocycles. The Balaban J connectivity index is 1.33. The van der Waals surface area contributed by atoms with Crippen molar-refractivity contribution >= 4 is 11.3 Å². The summed E-state index contributed by atoms with van der Waals surface area (Å²) in [6.45, 7) is 4.71. The van der Waals surface area contributed by atoms with Gasteiger partial charge < -0.3 is 5.32 Å². The zero-order valence-electron chi connectivity index (χ0n) is 12.9. The first kappa shape index (κ1) is 14.4. The van der Waals surface area contributed by atoms with Gasteiger partial charge in [0.1, 0.15) is 0 Å². The largest absolute Gasteiger partial charge is 0.310 e. The molecule has 1 N–H and O–H groups in total. The molecule has 1 saturated carbocycles. The van der Waals surface area contributed by atoms with Crippen LogP contribution >= 0.6 is 11.3 Å². The van der Waals surface area contributed by atoms with Crippen molar-refractivity contribution in [2.75, 3.05) is 13.1 Å². The fraction of sp³-hybridized carbons (Fsp3) is 0.474. The second-order valence-electron chi connectivity index (χ2n) is 6.80. The Morgan fingerprint density at radius 3 is 2.77 bits per heavy atom. The van der Waals surface area contributed by atoms with Gasteiger partial charge in [-0.2, -0.15) is 11.3 Å². The first-order valence-electron chi connectivity index (χ1n) is 8.39. The molecule has 2 aliphatic rings. The molecule has 2 heterocycles. The molecule has 1 aromatic carbocycles. The Hall–Kier alpha value is -1.16. The fourth-order valence-corrected chi connectivity index (χ4v) is 4.89. The van der Waals surface area contributed by atoms with E-state index in [9.17, 15) is 0 Å². The third kappa shape index (κ3) is 3.12. The minimum absolute atomic E-state index is 0.714. The number of fused-ring (bicyclic) bond motifs is 1. The molecule has 0 bridgehead atoms. The van der Waals surface area contributed by atoms with Crippen LogP contribution in [0.2, 0.25) is 0 Å². The molecule has 116 valence electrons. The van der Waals surface area contributed by atoms with Gasteiger partial charge in [-0.05, 0) is 52.6 Å². The fourth-order valence-electron chi connectivity index (χ4n) is 4.22. The standard InChI is InChI=1S/C19H24N2S/c1-2-4-15(5-3-1)11-21-12-17-6-7-19(18(17)13-21)20-10-16-8-9-22-14-16/h1-5,8-9,14,17-20H,6-7,10-13H2/t17-,18+,19+/m0/s1. The highest BCUT2D eigenvalue weighted by molar-refractivity contribution is 7.07. The van der Waals surface area contributed by atoms with Crippen molar-refractivity contribution in [1.82, 2.24) is 10.2 Å². The average molecular weight is 312 g/mol. The topological polar surface area (TPSA) is 15.3 Å². The Morgan fingerprint density at radius 1 is 1.05 bits per heavy atom. The van der Waals surface area contributed by atoms with Crippen LogP contribution in [0.1, 0.15) is 24.0 Å². The van der Waals surface area contributed by atoms with Crippen molar-refractivity contribution in [1.29, 1.82) is 0 Å². The van der Waals surface area contributed by atoms with Gasteiger partial charge in [-0.25, -0.2) is 0 Å². The minimum Gasteiger partial charge on any atom is -0.310 e. The predicted molar refractivity (Wildman–Crippen MR) is 92.9 cm³/mol. The predicted octanol–water partition coefficient (Wildman–Crippen LogP) is 3.75. The molecule has 2 aromatic rings. The van der Waals surface area contributed by atoms with Crippen molar-refractivity contribution in [2.24, 2.45) is 11.8 Å². The van der Waals surface area contributed by atoms with E-state index in [0.717, 1.165) is 24.9 Å². The monoisotopic (exact) mass is 312 g/mol. The number of benzene rings is 1. The molecule has 1 aliphatic carbocycles. The SMILES string of the molecule is c1ccc(CN2C[C@@H]3CC[C@@H](NCc4ccsc4)[C@@H]3C2)cc1. The first-order valence-corrected chi connectivity index (χ1v) is 9.33. The third-order valence-corrected chi connectivity index (χ3v) is 6.06. The number of rotatable bonds is 5. The van der Waals surface area contributed by atoms with Crippen molar-refractivity contribution in [3.63, 3.8) is 0 Å². The summed E-state index contributed by atoms with van der Waals surface area (Å²) in [5.74, 6) is 1.76. The van der Waals surface area contributed by atoms with Crippen molar-refractivity contribution in [3.05, 3.63) is 58.3 Å². The Labute approximate surface area is 137 Å². The summed E-state index contributed by atoms with van der Waals surface area (Å²) in [4.78, 5) is 2.66. The van der Waals surface area contributed by atoms with Gasteiger partial charge >= 0.3 is 0 Å². The van der Waals surface area contributed by atoms with Crippen LogP contribution in [-0.4, -0.2) is 24.0 Å². The molecule has 3 heteroatoms. The molecule has 1 aliphatic heterocycles. The van der Waals surface area contributed by atoms with E-state index in [1.165, 1.54) is 37.1 Å². The van der Waals surface area contributed by atoms with Crippen LogP contribution in [0.25, 0.3) is 0 Å². The maximum absolute atomic E-state index is 3.82. The van der Waals surface area contributed by atoms with Crippen LogP contribution in [0.5, 0.6) is 0 Å². The molecule has 4 rings (SSSR count). The lowest BCUT2D eigenvalue weighted by Gasteiger charge is -2.21. The van der Waals surface area contributed by atoms with Gasteiger partial charge in [-0.1, -0.05) is 30.3 Å². The van der Waals surface area contributed by atoms with Gasteiger partial charge in [0.25, 0.3) is 0 Å². The van der Waals surface area contributed by atoms with E-state index in [1.807, 2.05) is 0 Å². The summed E-state index contributed by atoms with van der Waals surface area (Å²) < 4.78 is 0. The van der Waals surface area contributed by atoms with E-state index in [4.69, 9.17) is 0 Å². The van der Waals surface area contributed by atoms with Crippen molar-refractivity contribution in [2.45, 2.75) is 32.0 Å². The van der Waals surface area contributed by atoms with E-state index in [0.29, 0.717) is 6.04 Å². The summed E-state index contributed by atoms with van der Waals surface area (Å²) in [6, 6.07) is 13.9. The maximum atomic E-state index is 3.82. The molecule has 1 aromatic heterocycles. The van der Waals surface area contributed by atoms with Crippen LogP contribution in [0.3, 0.4) is 0 Å². The number of hydrogen-bond donors (Lipinski definition) is 1. The van der Waals surface area contributed by atoms with E-state index in [2.05, 4.69) is 57.4 Å². The Kier molecular flexibility index (Phi) is 4.28. The highest BCUT2D eigenvalue weighted by Gasteiger charge is 2.42. The molecule has 22 heavy (non-hydrogen) atoms. The van der Waals surface area contributed by atoms with E-state index >= 15 is 0 Å². The highest BCUT2D eigenvalue weighted by Crippen LogP contribution is 2.38. The van der Waals surface area contributed by atoms with Crippen LogP contribution in [0.4, 0.5) is 0 Å². The lowest BCUT2D eigenvalue weighted by molar-refractivity contribution is 0.288. The van der Waals surface area contributed by atoms with Gasteiger partial charge in [0.2, 0.25) is 0 Å². The summed E-state index contributed by atoms with van der Waals surface area (Å²) in [6.07, 6.45) is 2.76. The molecule has 0 amide bonds. The molecule has 3 atom stereocenters. The molecule has 0 spiro atoms. The third-order valence-electron chi connectivity index (χ3n) is 5.33. The van der Waals surface area contributed by atoms with E-state index in [-0.39, 0.29) is 0 Å². The second-order valence-corrected chi connectivity index (χ2v) is 7.58. The number of likely N-dealkylation sites (tertiary alicyclic amines) is 1. The minimum atomic E-state index is 0.714. The van der Waals surface area contributed by atoms with Crippen LogP contribution in [0, 0.1) is 11.8 Å². The van der Waals surface area contributed by atoms with Crippen molar-refractivity contribution < 1.29 is 0 Å². The second kappa shape index (κ2) is 6.53. The quantitative estimate of drug-likeness (QED) is 0.904. The zero-order chi connectivity index (χ0) is 14.8. The summed E-state index contributed by atoms with van der Waals surface area (Å²) in [5.41, 5.74) is 2.89. The molecular formula is C19H24N2S. The lowest BCUT2D eigenvalue weighted by atomic mass is 9.98. The highest BCUT2D eigenvalue weighted by atomic mass is 32.1. The number of nitrogens with zero attached hydrogens (tertiary/aromatic N) is 1. The van der Waals surface area contributed by atoms with Crippen LogP contribution < -0.4 is 5.32 Å². The van der Waals surface area contributed by atoms with Gasteiger partial charge in [0.15, 0.2) is 0 Å². The molecule has 2 nitrogen and oxygen atoms in total. The van der Waals surface area contributed by atoms with Gasteiger partial charge in [0.05, 0.1) is 0 Å². The Bertz CT molecular complexity index is 581. The molecule has 2 fully saturated rings. The average Bonchev–Trinajstić information content (AvgIpc) is 3.24. The van der Waals surface area contributed by atoms with Gasteiger partial charge in [-0.15, -0.1) is 0 Å². The van der Waals surface area contributed by atoms with Crippen molar-refractivity contribution in [3.8, 4) is 0 Å². The maximum Gasteiger partial charge on any atom is 0.0233 e.